The first-order chi connectivity index (χ1) is 6.25. The molecule has 0 fully saturated rings. The van der Waals surface area contributed by atoms with E-state index in [1.54, 1.807) is 26.1 Å². The van der Waals surface area contributed by atoms with Gasteiger partial charge in [-0.15, -0.1) is 0 Å². The van der Waals surface area contributed by atoms with Crippen molar-refractivity contribution in [1.29, 1.82) is 0 Å². The van der Waals surface area contributed by atoms with Gasteiger partial charge in [0.1, 0.15) is 0 Å². The Morgan fingerprint density at radius 1 is 1.62 bits per heavy atom. The minimum absolute atomic E-state index is 0.357. The molecule has 1 aromatic carbocycles. The van der Waals surface area contributed by atoms with E-state index >= 15 is 0 Å². The average molecular weight is 178 g/mol. The zero-order chi connectivity index (χ0) is 9.68. The topological polar surface area (TPSA) is 29.5 Å². The molecular weight excluding hydrogens is 166 g/mol. The maximum Gasteiger partial charge on any atom is 0.414 e. The molecular formula is C10H12NO2. The lowest BCUT2D eigenvalue weighted by atomic mass is 10.3. The lowest BCUT2D eigenvalue weighted by Gasteiger charge is -2.15. The van der Waals surface area contributed by atoms with E-state index in [2.05, 4.69) is 6.07 Å². The van der Waals surface area contributed by atoms with Crippen LogP contribution in [0, 0.1) is 6.07 Å². The van der Waals surface area contributed by atoms with Gasteiger partial charge in [0.05, 0.1) is 12.3 Å². The number of hydrogen-bond donors (Lipinski definition) is 0. The molecule has 0 aliphatic heterocycles. The fraction of sp³-hybridized carbons (Fsp3) is 0.300. The normalized spacial score (nSPS) is 9.38. The van der Waals surface area contributed by atoms with Crippen molar-refractivity contribution in [2.24, 2.45) is 0 Å². The summed E-state index contributed by atoms with van der Waals surface area (Å²) in [4.78, 5) is 12.6. The molecule has 1 rings (SSSR count). The minimum Gasteiger partial charge on any atom is -0.449 e. The zero-order valence-corrected chi connectivity index (χ0v) is 7.78. The molecule has 0 aromatic heterocycles. The highest BCUT2D eigenvalue weighted by atomic mass is 16.5. The molecule has 0 saturated heterocycles. The maximum atomic E-state index is 11.2. The van der Waals surface area contributed by atoms with Gasteiger partial charge in [0.2, 0.25) is 0 Å². The van der Waals surface area contributed by atoms with E-state index in [0.717, 1.165) is 0 Å². The molecule has 13 heavy (non-hydrogen) atoms. The molecule has 0 spiro atoms. The van der Waals surface area contributed by atoms with Gasteiger partial charge in [-0.1, -0.05) is 18.2 Å². The Labute approximate surface area is 77.9 Å². The third kappa shape index (κ3) is 2.47. The van der Waals surface area contributed by atoms with Crippen molar-refractivity contribution >= 4 is 11.8 Å². The van der Waals surface area contributed by atoms with Crippen LogP contribution in [-0.4, -0.2) is 19.7 Å². The lowest BCUT2D eigenvalue weighted by Crippen LogP contribution is -2.26. The number of nitrogens with zero attached hydrogens (tertiary/aromatic N) is 1. The second-order valence-electron chi connectivity index (χ2n) is 2.51. The fourth-order valence-corrected chi connectivity index (χ4v) is 0.911. The Kier molecular flexibility index (Phi) is 3.31. The number of amides is 1. The smallest absolute Gasteiger partial charge is 0.414 e. The Morgan fingerprint density at radius 2 is 2.38 bits per heavy atom. The summed E-state index contributed by atoms with van der Waals surface area (Å²) < 4.78 is 4.83. The third-order valence-electron chi connectivity index (χ3n) is 1.60. The second-order valence-corrected chi connectivity index (χ2v) is 2.51. The summed E-state index contributed by atoms with van der Waals surface area (Å²) in [6.45, 7) is 2.16. The Morgan fingerprint density at radius 3 is 2.92 bits per heavy atom. The molecule has 0 heterocycles. The first-order valence-electron chi connectivity index (χ1n) is 4.13. The van der Waals surface area contributed by atoms with Crippen LogP contribution in [0.2, 0.25) is 0 Å². The first kappa shape index (κ1) is 9.58. The molecule has 0 atom stereocenters. The molecule has 0 N–H and O–H groups in total. The van der Waals surface area contributed by atoms with Crippen LogP contribution in [0.25, 0.3) is 0 Å². The Hall–Kier alpha value is -1.51. The van der Waals surface area contributed by atoms with E-state index in [0.29, 0.717) is 12.3 Å². The van der Waals surface area contributed by atoms with Crippen LogP contribution in [0.15, 0.2) is 24.3 Å². The van der Waals surface area contributed by atoms with Crippen molar-refractivity contribution in [2.75, 3.05) is 18.6 Å². The number of carbonyl (C=O) groups is 1. The van der Waals surface area contributed by atoms with E-state index in [1.165, 1.54) is 4.90 Å². The van der Waals surface area contributed by atoms with Gasteiger partial charge >= 0.3 is 6.09 Å². The highest BCUT2D eigenvalue weighted by Crippen LogP contribution is 2.10. The summed E-state index contributed by atoms with van der Waals surface area (Å²) in [7, 11) is 1.66. The van der Waals surface area contributed by atoms with Crippen LogP contribution in [-0.2, 0) is 4.74 Å². The van der Waals surface area contributed by atoms with Crippen molar-refractivity contribution in [2.45, 2.75) is 6.92 Å². The van der Waals surface area contributed by atoms with Gasteiger partial charge in [-0.2, -0.15) is 0 Å². The first-order valence-corrected chi connectivity index (χ1v) is 4.13. The zero-order valence-electron chi connectivity index (χ0n) is 7.78. The number of ether oxygens (including phenoxy) is 1. The van der Waals surface area contributed by atoms with Gasteiger partial charge in [0.25, 0.3) is 0 Å². The Bertz CT molecular complexity index is 272. The molecule has 0 unspecified atom stereocenters. The minimum atomic E-state index is -0.357. The van der Waals surface area contributed by atoms with E-state index < -0.39 is 0 Å². The van der Waals surface area contributed by atoms with Crippen molar-refractivity contribution in [1.82, 2.24) is 0 Å². The van der Waals surface area contributed by atoms with Crippen LogP contribution in [0.4, 0.5) is 10.5 Å². The predicted octanol–water partition coefficient (Wildman–Crippen LogP) is 2.08. The van der Waals surface area contributed by atoms with Crippen LogP contribution < -0.4 is 4.90 Å². The average Bonchev–Trinajstić information content (AvgIpc) is 2.18. The van der Waals surface area contributed by atoms with Crippen LogP contribution >= 0.6 is 0 Å². The summed E-state index contributed by atoms with van der Waals surface area (Å²) in [5.41, 5.74) is 0.709. The monoisotopic (exact) mass is 178 g/mol. The van der Waals surface area contributed by atoms with Gasteiger partial charge in [-0.3, -0.25) is 4.90 Å². The number of rotatable bonds is 2. The number of carbonyl (C=O) groups excluding carboxylic acids is 1. The fourth-order valence-electron chi connectivity index (χ4n) is 0.911. The quantitative estimate of drug-likeness (QED) is 0.693. The molecule has 0 bridgehead atoms. The number of hydrogen-bond acceptors (Lipinski definition) is 2. The molecule has 1 radical (unpaired) electrons. The van der Waals surface area contributed by atoms with Crippen molar-refractivity contribution in [3.63, 3.8) is 0 Å². The van der Waals surface area contributed by atoms with Gasteiger partial charge in [-0.25, -0.2) is 4.79 Å². The number of para-hydroxylation sites is 1. The van der Waals surface area contributed by atoms with E-state index in [-0.39, 0.29) is 6.09 Å². The Balaban J connectivity index is 2.68. The molecule has 69 valence electrons. The summed E-state index contributed by atoms with van der Waals surface area (Å²) in [5.74, 6) is 0. The highest BCUT2D eigenvalue weighted by Gasteiger charge is 2.10. The van der Waals surface area contributed by atoms with Gasteiger partial charge in [-0.05, 0) is 13.0 Å². The summed E-state index contributed by atoms with van der Waals surface area (Å²) in [6.07, 6.45) is -0.357. The van der Waals surface area contributed by atoms with E-state index in [9.17, 15) is 4.79 Å². The predicted molar refractivity (Wildman–Crippen MR) is 50.7 cm³/mol. The van der Waals surface area contributed by atoms with E-state index in [4.69, 9.17) is 4.74 Å². The molecule has 3 nitrogen and oxygen atoms in total. The number of benzene rings is 1. The van der Waals surface area contributed by atoms with Crippen molar-refractivity contribution in [3.8, 4) is 0 Å². The largest absolute Gasteiger partial charge is 0.449 e. The number of anilines is 1. The van der Waals surface area contributed by atoms with Crippen LogP contribution in [0.5, 0.6) is 0 Å². The standard InChI is InChI=1S/C10H12NO2/c1-3-13-10(12)11(2)9-7-5-4-6-8-9/h4-7H,3H2,1-2H3. The summed E-state index contributed by atoms with van der Waals surface area (Å²) in [6, 6.07) is 10.2. The SMILES string of the molecule is CCOC(=O)N(C)c1[c]cccc1. The van der Waals surface area contributed by atoms with Gasteiger partial charge in [0, 0.05) is 13.1 Å². The third-order valence-corrected chi connectivity index (χ3v) is 1.60. The molecule has 0 saturated carbocycles. The molecule has 3 heteroatoms. The van der Waals surface area contributed by atoms with Crippen LogP contribution in [0.3, 0.4) is 0 Å². The van der Waals surface area contributed by atoms with Crippen LogP contribution in [0.1, 0.15) is 6.92 Å². The van der Waals surface area contributed by atoms with Gasteiger partial charge in [0.15, 0.2) is 0 Å². The molecule has 1 amide bonds. The summed E-state index contributed by atoms with van der Waals surface area (Å²) in [5, 5.41) is 0. The summed E-state index contributed by atoms with van der Waals surface area (Å²) >= 11 is 0. The lowest BCUT2D eigenvalue weighted by molar-refractivity contribution is 0.161. The second kappa shape index (κ2) is 4.50. The van der Waals surface area contributed by atoms with Crippen molar-refractivity contribution < 1.29 is 9.53 Å². The van der Waals surface area contributed by atoms with Gasteiger partial charge < -0.3 is 4.74 Å². The van der Waals surface area contributed by atoms with E-state index in [1.807, 2.05) is 12.1 Å². The molecule has 1 aromatic rings. The molecule has 0 aliphatic carbocycles. The highest BCUT2D eigenvalue weighted by molar-refractivity contribution is 5.86. The van der Waals surface area contributed by atoms with Crippen molar-refractivity contribution in [3.05, 3.63) is 30.3 Å². The molecule has 0 aliphatic rings. The maximum absolute atomic E-state index is 11.2.